The first-order valence-corrected chi connectivity index (χ1v) is 26.7. The van der Waals surface area contributed by atoms with Gasteiger partial charge in [0.25, 0.3) is 0 Å². The number of fused-ring (bicyclic) bond motifs is 9. The third-order valence-electron chi connectivity index (χ3n) is 15.9. The zero-order chi connectivity index (χ0) is 62.0. The first-order chi connectivity index (χ1) is 43.1. The molecule has 0 unspecified atom stereocenters. The molecular weight excluding hydrogens is 1170 g/mol. The van der Waals surface area contributed by atoms with Crippen LogP contribution >= 0.6 is 0 Å². The minimum absolute atomic E-state index is 0.0705. The van der Waals surface area contributed by atoms with Crippen LogP contribution < -0.4 is 9.80 Å². The van der Waals surface area contributed by atoms with Crippen LogP contribution in [0.5, 0.6) is 0 Å². The molecule has 0 bridgehead atoms. The maximum Gasteiger partial charge on any atom is 0.187 e. The van der Waals surface area contributed by atoms with E-state index in [-0.39, 0.29) is 33.1 Å². The van der Waals surface area contributed by atoms with E-state index in [1.165, 1.54) is 54.6 Å². The van der Waals surface area contributed by atoms with Crippen LogP contribution in [0.25, 0.3) is 82.5 Å². The van der Waals surface area contributed by atoms with Gasteiger partial charge in [-0.3, -0.25) is 0 Å². The van der Waals surface area contributed by atoms with Gasteiger partial charge in [0.15, 0.2) is 69.8 Å². The van der Waals surface area contributed by atoms with Crippen LogP contribution in [0.4, 0.5) is 86.8 Å². The molecule has 11 aromatic carbocycles. The van der Waals surface area contributed by atoms with Crippen molar-refractivity contribution in [2.75, 3.05) is 9.80 Å². The third kappa shape index (κ3) is 8.02. The summed E-state index contributed by atoms with van der Waals surface area (Å²) in [6.07, 6.45) is 0. The average Bonchev–Trinajstić information content (AvgIpc) is 1.63. The Hall–Kier alpha value is -12.0. The van der Waals surface area contributed by atoms with E-state index in [4.69, 9.17) is 0 Å². The Labute approximate surface area is 493 Å². The number of hydrogen-bond acceptors (Lipinski definition) is 5. The number of para-hydroxylation sites is 4. The van der Waals surface area contributed by atoms with Crippen molar-refractivity contribution < 1.29 is 52.7 Å². The van der Waals surface area contributed by atoms with E-state index in [0.29, 0.717) is 66.4 Å². The van der Waals surface area contributed by atoms with Crippen LogP contribution in [-0.4, -0.2) is 13.7 Å². The SMILES string of the molecule is N#Cc1c(F)c(F)c(-n2c3ccccc3c3cc(N(c4ccccc4)c4ccc(N(c5ccc6c(c5)c5ccccc5n6-c5c(F)c(F)c(C#N)c(F)c5F)c5ccc6c(c5)c5ccccc5n6-c5c(F)c(F)c(C#N)c(F)c5F)cc4)ccc32)c(F)c1F. The van der Waals surface area contributed by atoms with E-state index in [1.54, 1.807) is 138 Å². The number of aromatic nitrogens is 3. The van der Waals surface area contributed by atoms with Crippen LogP contribution in [0.15, 0.2) is 182 Å². The molecule has 0 aliphatic heterocycles. The highest BCUT2D eigenvalue weighted by atomic mass is 19.2. The van der Waals surface area contributed by atoms with Crippen molar-refractivity contribution in [1.29, 1.82) is 15.8 Å². The standard InChI is InChI=1S/C69H30F12N8/c70-55-46(31-82)56(71)62(77)67(61(55)76)87-49-15-7-4-12-40(49)43-28-37(22-25-52(43)87)85(34-10-2-1-3-11-34)35-18-20-36(21-19-35)86(38-23-26-53-44(29-38)41-13-5-8-16-50(41)88(53)68-63(78)57(72)47(32-83)58(73)64(68)79)39-24-27-54-45(30-39)42-14-6-9-17-51(42)89(54)69-65(80)59(74)48(33-84)60(75)66(69)81/h1-30H. The van der Waals surface area contributed by atoms with Gasteiger partial charge in [0.2, 0.25) is 0 Å². The van der Waals surface area contributed by atoms with Gasteiger partial charge in [-0.1, -0.05) is 72.8 Å². The molecule has 3 heterocycles. The lowest BCUT2D eigenvalue weighted by atomic mass is 10.1. The largest absolute Gasteiger partial charge is 0.310 e. The van der Waals surface area contributed by atoms with Crippen molar-refractivity contribution in [3.05, 3.63) is 268 Å². The van der Waals surface area contributed by atoms with Gasteiger partial charge >= 0.3 is 0 Å². The summed E-state index contributed by atoms with van der Waals surface area (Å²) in [5.41, 5.74) is -4.24. The first-order valence-electron chi connectivity index (χ1n) is 26.7. The Balaban J connectivity index is 0.975. The zero-order valence-corrected chi connectivity index (χ0v) is 44.9. The maximum absolute atomic E-state index is 16.1. The fourth-order valence-corrected chi connectivity index (χ4v) is 12.0. The molecule has 0 aliphatic carbocycles. The summed E-state index contributed by atoms with van der Waals surface area (Å²) < 4.78 is 191. The van der Waals surface area contributed by atoms with Crippen LogP contribution in [0.3, 0.4) is 0 Å². The molecular formula is C69H30F12N8. The van der Waals surface area contributed by atoms with E-state index in [2.05, 4.69) is 0 Å². The smallest absolute Gasteiger partial charge is 0.187 e. The van der Waals surface area contributed by atoms with E-state index in [1.807, 2.05) is 17.0 Å². The van der Waals surface area contributed by atoms with Gasteiger partial charge in [-0.15, -0.1) is 0 Å². The van der Waals surface area contributed by atoms with Gasteiger partial charge in [-0.05, 0) is 109 Å². The van der Waals surface area contributed by atoms with Crippen molar-refractivity contribution >= 4 is 99.5 Å². The topological polar surface area (TPSA) is 92.6 Å². The Bertz CT molecular complexity index is 5250. The van der Waals surface area contributed by atoms with Crippen molar-refractivity contribution in [1.82, 2.24) is 13.7 Å². The van der Waals surface area contributed by atoms with Crippen molar-refractivity contribution in [2.24, 2.45) is 0 Å². The molecule has 89 heavy (non-hydrogen) atoms. The van der Waals surface area contributed by atoms with Crippen molar-refractivity contribution in [3.8, 4) is 35.3 Å². The molecule has 0 aliphatic rings. The summed E-state index contributed by atoms with van der Waals surface area (Å²) in [5.74, 6) is -22.2. The summed E-state index contributed by atoms with van der Waals surface area (Å²) >= 11 is 0. The monoisotopic (exact) mass is 1200 g/mol. The fourth-order valence-electron chi connectivity index (χ4n) is 12.0. The van der Waals surface area contributed by atoms with E-state index < -0.39 is 104 Å². The molecule has 20 heteroatoms. The highest BCUT2D eigenvalue weighted by Crippen LogP contribution is 2.47. The lowest BCUT2D eigenvalue weighted by Crippen LogP contribution is -2.12. The second kappa shape index (κ2) is 20.6. The Morgan fingerprint density at radius 3 is 0.742 bits per heavy atom. The minimum Gasteiger partial charge on any atom is -0.310 e. The number of hydrogen-bond donors (Lipinski definition) is 0. The molecule has 0 N–H and O–H groups in total. The van der Waals surface area contributed by atoms with Gasteiger partial charge in [-0.2, -0.15) is 15.8 Å². The molecule has 14 aromatic rings. The molecule has 3 aromatic heterocycles. The summed E-state index contributed by atoms with van der Waals surface area (Å²) in [6, 6.07) is 52.7. The number of rotatable bonds is 9. The molecule has 0 saturated carbocycles. The van der Waals surface area contributed by atoms with Gasteiger partial charge in [-0.25, -0.2) is 52.7 Å². The third-order valence-corrected chi connectivity index (χ3v) is 15.9. The van der Waals surface area contributed by atoms with Crippen molar-refractivity contribution in [3.63, 3.8) is 0 Å². The van der Waals surface area contributed by atoms with Gasteiger partial charge < -0.3 is 23.5 Å². The maximum atomic E-state index is 16.1. The van der Waals surface area contributed by atoms with Crippen LogP contribution in [0.1, 0.15) is 16.7 Å². The number of benzene rings is 11. The lowest BCUT2D eigenvalue weighted by molar-refractivity contribution is 0.446. The summed E-state index contributed by atoms with van der Waals surface area (Å²) in [6.45, 7) is 0. The minimum atomic E-state index is -1.90. The summed E-state index contributed by atoms with van der Waals surface area (Å²) in [5, 5.41) is 30.3. The van der Waals surface area contributed by atoms with Gasteiger partial charge in [0.1, 0.15) is 52.0 Å². The number of nitrogens with zero attached hydrogens (tertiary/aromatic N) is 8. The lowest BCUT2D eigenvalue weighted by Gasteiger charge is -2.28. The Morgan fingerprint density at radius 1 is 0.236 bits per heavy atom. The van der Waals surface area contributed by atoms with Crippen LogP contribution in [0.2, 0.25) is 0 Å². The molecule has 0 atom stereocenters. The van der Waals surface area contributed by atoms with E-state index >= 15 is 52.7 Å². The number of halogens is 12. The highest BCUT2D eigenvalue weighted by molar-refractivity contribution is 6.13. The molecule has 0 spiro atoms. The highest BCUT2D eigenvalue weighted by Gasteiger charge is 2.33. The number of nitriles is 3. The first kappa shape index (κ1) is 55.0. The predicted octanol–water partition coefficient (Wildman–Crippen LogP) is 19.2. The molecule has 0 amide bonds. The second-order valence-electron chi connectivity index (χ2n) is 20.5. The van der Waals surface area contributed by atoms with Gasteiger partial charge in [0.05, 0.1) is 33.1 Å². The van der Waals surface area contributed by atoms with Crippen LogP contribution in [0, 0.1) is 104 Å². The molecule has 8 nitrogen and oxygen atoms in total. The molecule has 430 valence electrons. The van der Waals surface area contributed by atoms with E-state index in [0.717, 1.165) is 13.7 Å². The average molecular weight is 1200 g/mol. The quantitative estimate of drug-likeness (QED) is 0.106. The summed E-state index contributed by atoms with van der Waals surface area (Å²) in [4.78, 5) is 3.59. The number of anilines is 6. The predicted molar refractivity (Wildman–Crippen MR) is 312 cm³/mol. The summed E-state index contributed by atoms with van der Waals surface area (Å²) in [7, 11) is 0. The van der Waals surface area contributed by atoms with Crippen LogP contribution in [-0.2, 0) is 0 Å². The zero-order valence-electron chi connectivity index (χ0n) is 44.9. The molecule has 0 saturated heterocycles. The normalized spacial score (nSPS) is 11.6. The molecule has 14 rings (SSSR count). The Kier molecular flexibility index (Phi) is 12.7. The Morgan fingerprint density at radius 2 is 0.461 bits per heavy atom. The molecule has 0 fully saturated rings. The van der Waals surface area contributed by atoms with Gasteiger partial charge in [0, 0.05) is 66.4 Å². The van der Waals surface area contributed by atoms with Crippen molar-refractivity contribution in [2.45, 2.75) is 0 Å². The fraction of sp³-hybridized carbons (Fsp3) is 0. The van der Waals surface area contributed by atoms with E-state index in [9.17, 15) is 15.8 Å². The second-order valence-corrected chi connectivity index (χ2v) is 20.5. The molecule has 0 radical (unpaired) electrons.